The maximum Gasteiger partial charge on any atom is 0.230 e. The summed E-state index contributed by atoms with van der Waals surface area (Å²) >= 11 is 0. The molecule has 0 N–H and O–H groups in total. The van der Waals surface area contributed by atoms with Crippen LogP contribution in [-0.4, -0.2) is 68.0 Å². The molecule has 1 aliphatic carbocycles. The van der Waals surface area contributed by atoms with Crippen LogP contribution in [0.4, 0.5) is 0 Å². The predicted molar refractivity (Wildman–Crippen MR) is 108 cm³/mol. The van der Waals surface area contributed by atoms with Gasteiger partial charge in [0, 0.05) is 39.1 Å². The van der Waals surface area contributed by atoms with E-state index in [1.807, 2.05) is 4.90 Å². The summed E-state index contributed by atoms with van der Waals surface area (Å²) in [6, 6.07) is 0. The first kappa shape index (κ1) is 20.3. The number of hydrogen-bond acceptors (Lipinski definition) is 5. The minimum absolute atomic E-state index is 0.155. The largest absolute Gasteiger partial charge is 0.342 e. The molecule has 0 bridgehead atoms. The fourth-order valence-corrected chi connectivity index (χ4v) is 5.48. The zero-order valence-electron chi connectivity index (χ0n) is 17.5. The molecule has 0 radical (unpaired) electrons. The van der Waals surface area contributed by atoms with Gasteiger partial charge in [-0.1, -0.05) is 32.1 Å². The molecule has 3 aliphatic rings. The number of carbonyl (C=O) groups excluding carboxylic acids is 2. The lowest BCUT2D eigenvalue weighted by Gasteiger charge is -2.40. The summed E-state index contributed by atoms with van der Waals surface area (Å²) in [6.45, 7) is 3.77. The molecule has 1 unspecified atom stereocenters. The molecule has 8 heteroatoms. The molecule has 8 nitrogen and oxygen atoms in total. The van der Waals surface area contributed by atoms with E-state index in [4.69, 9.17) is 0 Å². The Morgan fingerprint density at radius 1 is 1.10 bits per heavy atom. The molecule has 1 aromatic rings. The van der Waals surface area contributed by atoms with Crippen molar-refractivity contribution in [2.75, 3.05) is 26.2 Å². The quantitative estimate of drug-likeness (QED) is 0.698. The first-order valence-electron chi connectivity index (χ1n) is 11.4. The number of piperidine rings is 1. The summed E-state index contributed by atoms with van der Waals surface area (Å²) in [5.41, 5.74) is -0.323. The van der Waals surface area contributed by atoms with Gasteiger partial charge in [-0.05, 0) is 48.4 Å². The lowest BCUT2D eigenvalue weighted by molar-refractivity contribution is -0.146. The topological polar surface area (TPSA) is 84.2 Å². The number of rotatable bonds is 7. The predicted octanol–water partition coefficient (Wildman–Crippen LogP) is 2.26. The van der Waals surface area contributed by atoms with E-state index in [1.54, 1.807) is 11.0 Å². The Balaban J connectivity index is 1.26. The average molecular weight is 403 g/mol. The van der Waals surface area contributed by atoms with Gasteiger partial charge in [-0.3, -0.25) is 9.59 Å². The smallest absolute Gasteiger partial charge is 0.230 e. The van der Waals surface area contributed by atoms with Crippen LogP contribution in [0.2, 0.25) is 0 Å². The van der Waals surface area contributed by atoms with Gasteiger partial charge in [-0.15, -0.1) is 5.10 Å². The van der Waals surface area contributed by atoms with Crippen molar-refractivity contribution in [2.24, 2.45) is 11.3 Å². The van der Waals surface area contributed by atoms with E-state index < -0.39 is 0 Å². The summed E-state index contributed by atoms with van der Waals surface area (Å²) in [7, 11) is 0. The van der Waals surface area contributed by atoms with E-state index in [0.717, 1.165) is 51.1 Å². The van der Waals surface area contributed by atoms with Gasteiger partial charge in [-0.25, -0.2) is 4.68 Å². The highest BCUT2D eigenvalue weighted by atomic mass is 16.2. The van der Waals surface area contributed by atoms with Gasteiger partial charge in [0.15, 0.2) is 0 Å². The lowest BCUT2D eigenvalue weighted by atomic mass is 9.78. The molecular weight excluding hydrogens is 368 g/mol. The van der Waals surface area contributed by atoms with Crippen LogP contribution in [-0.2, 0) is 16.1 Å². The van der Waals surface area contributed by atoms with Gasteiger partial charge in [0.1, 0.15) is 6.33 Å². The van der Waals surface area contributed by atoms with Crippen molar-refractivity contribution in [3.05, 3.63) is 6.33 Å². The van der Waals surface area contributed by atoms with E-state index in [2.05, 4.69) is 20.4 Å². The first-order chi connectivity index (χ1) is 14.2. The Morgan fingerprint density at radius 2 is 1.97 bits per heavy atom. The SMILES string of the molecule is O=C(CCCn1cnnn1)N1CCC2(CCCN(CCC3CCCCC3)C2=O)C1. The molecule has 2 aliphatic heterocycles. The third kappa shape index (κ3) is 4.78. The van der Waals surface area contributed by atoms with Crippen LogP contribution in [0.5, 0.6) is 0 Å². The molecule has 1 aromatic heterocycles. The van der Waals surface area contributed by atoms with Crippen LogP contribution in [0.25, 0.3) is 0 Å². The molecule has 1 spiro atoms. The third-order valence-electron chi connectivity index (χ3n) is 7.23. The highest BCUT2D eigenvalue weighted by Crippen LogP contribution is 2.40. The molecule has 4 rings (SSSR count). The maximum absolute atomic E-state index is 13.3. The van der Waals surface area contributed by atoms with E-state index >= 15 is 0 Å². The molecular formula is C21H34N6O2. The van der Waals surface area contributed by atoms with Gasteiger partial charge in [0.2, 0.25) is 11.8 Å². The fourth-order valence-electron chi connectivity index (χ4n) is 5.48. The number of carbonyl (C=O) groups is 2. The van der Waals surface area contributed by atoms with Gasteiger partial charge >= 0.3 is 0 Å². The fraction of sp³-hybridized carbons (Fsp3) is 0.857. The second-order valence-corrected chi connectivity index (χ2v) is 9.21. The van der Waals surface area contributed by atoms with Gasteiger partial charge in [-0.2, -0.15) is 0 Å². The zero-order chi connectivity index (χ0) is 20.1. The first-order valence-corrected chi connectivity index (χ1v) is 11.4. The van der Waals surface area contributed by atoms with Crippen LogP contribution in [0.15, 0.2) is 6.33 Å². The van der Waals surface area contributed by atoms with E-state index in [9.17, 15) is 9.59 Å². The van der Waals surface area contributed by atoms with Crippen LogP contribution < -0.4 is 0 Å². The van der Waals surface area contributed by atoms with Crippen LogP contribution in [0, 0.1) is 11.3 Å². The third-order valence-corrected chi connectivity index (χ3v) is 7.23. The summed E-state index contributed by atoms with van der Waals surface area (Å²) in [5, 5.41) is 11.0. The van der Waals surface area contributed by atoms with Crippen LogP contribution >= 0.6 is 0 Å². The Morgan fingerprint density at radius 3 is 2.76 bits per heavy atom. The molecule has 0 aromatic carbocycles. The Bertz CT molecular complexity index is 687. The summed E-state index contributed by atoms with van der Waals surface area (Å²) in [6.07, 6.45) is 13.5. The molecule has 2 saturated heterocycles. The molecule has 29 heavy (non-hydrogen) atoms. The average Bonchev–Trinajstić information content (AvgIpc) is 3.41. The maximum atomic E-state index is 13.3. The standard InChI is InChI=1S/C21H34N6O2/c28-19(8-4-13-27-17-22-23-24-27)26-15-11-21(16-26)10-5-12-25(20(21)29)14-9-18-6-2-1-3-7-18/h17-18H,1-16H2. The summed E-state index contributed by atoms with van der Waals surface area (Å²) < 4.78 is 1.65. The van der Waals surface area contributed by atoms with E-state index in [1.165, 1.54) is 32.1 Å². The van der Waals surface area contributed by atoms with Crippen molar-refractivity contribution in [3.8, 4) is 0 Å². The Kier molecular flexibility index (Phi) is 6.45. The van der Waals surface area contributed by atoms with Gasteiger partial charge < -0.3 is 9.80 Å². The van der Waals surface area contributed by atoms with Crippen molar-refractivity contribution in [3.63, 3.8) is 0 Å². The number of aromatic nitrogens is 4. The summed E-state index contributed by atoms with van der Waals surface area (Å²) in [5.74, 6) is 1.27. The van der Waals surface area contributed by atoms with Crippen LogP contribution in [0.1, 0.15) is 70.6 Å². The lowest BCUT2D eigenvalue weighted by Crippen LogP contribution is -2.50. The molecule has 3 fully saturated rings. The van der Waals surface area contributed by atoms with Gasteiger partial charge in [0.25, 0.3) is 0 Å². The zero-order valence-corrected chi connectivity index (χ0v) is 17.5. The van der Waals surface area contributed by atoms with Crippen molar-refractivity contribution < 1.29 is 9.59 Å². The number of nitrogens with zero attached hydrogens (tertiary/aromatic N) is 6. The minimum atomic E-state index is -0.323. The Labute approximate surface area is 173 Å². The van der Waals surface area contributed by atoms with Gasteiger partial charge in [0.05, 0.1) is 5.41 Å². The molecule has 160 valence electrons. The van der Waals surface area contributed by atoms with Crippen molar-refractivity contribution in [2.45, 2.75) is 77.2 Å². The number of amides is 2. The van der Waals surface area contributed by atoms with E-state index in [-0.39, 0.29) is 11.3 Å². The number of likely N-dealkylation sites (tertiary alicyclic amines) is 2. The highest BCUT2D eigenvalue weighted by molar-refractivity contribution is 5.86. The Hall–Kier alpha value is -1.99. The molecule has 2 amide bonds. The van der Waals surface area contributed by atoms with Crippen LogP contribution in [0.3, 0.4) is 0 Å². The second-order valence-electron chi connectivity index (χ2n) is 9.21. The molecule has 1 atom stereocenters. The molecule has 1 saturated carbocycles. The highest BCUT2D eigenvalue weighted by Gasteiger charge is 2.49. The van der Waals surface area contributed by atoms with Crippen molar-refractivity contribution in [1.82, 2.24) is 30.0 Å². The number of aryl methyl sites for hydroxylation is 1. The monoisotopic (exact) mass is 402 g/mol. The normalized spacial score (nSPS) is 25.9. The van der Waals surface area contributed by atoms with Crippen molar-refractivity contribution >= 4 is 11.8 Å². The summed E-state index contributed by atoms with van der Waals surface area (Å²) in [4.78, 5) is 30.0. The number of tetrazole rings is 1. The number of hydrogen-bond donors (Lipinski definition) is 0. The minimum Gasteiger partial charge on any atom is -0.342 e. The second kappa shape index (κ2) is 9.22. The van der Waals surface area contributed by atoms with E-state index in [0.29, 0.717) is 32.0 Å². The molecule has 3 heterocycles. The van der Waals surface area contributed by atoms with Crippen molar-refractivity contribution in [1.29, 1.82) is 0 Å².